The monoisotopic (exact) mass is 193 g/mol. The van der Waals surface area contributed by atoms with Gasteiger partial charge in [-0.15, -0.1) is 0 Å². The van der Waals surface area contributed by atoms with E-state index < -0.39 is 0 Å². The summed E-state index contributed by atoms with van der Waals surface area (Å²) in [5, 5.41) is 0. The van der Waals surface area contributed by atoms with Gasteiger partial charge in [-0.25, -0.2) is 0 Å². The summed E-state index contributed by atoms with van der Waals surface area (Å²) in [7, 11) is 0. The smallest absolute Gasteiger partial charge is 0.0264 e. The molecule has 14 heavy (non-hydrogen) atoms. The highest BCUT2D eigenvalue weighted by molar-refractivity contribution is 5.61. The summed E-state index contributed by atoms with van der Waals surface area (Å²) in [5.74, 6) is 0.639. The minimum absolute atomic E-state index is 0.246. The van der Waals surface area contributed by atoms with Gasteiger partial charge in [0.15, 0.2) is 0 Å². The van der Waals surface area contributed by atoms with Crippen molar-refractivity contribution in [2.75, 3.05) is 0 Å². The van der Waals surface area contributed by atoms with E-state index in [1.807, 2.05) is 6.21 Å². The van der Waals surface area contributed by atoms with Crippen molar-refractivity contribution in [2.45, 2.75) is 48.0 Å². The highest BCUT2D eigenvalue weighted by Gasteiger charge is 2.34. The molecule has 1 atom stereocenters. The molecule has 1 heteroatoms. The fourth-order valence-corrected chi connectivity index (χ4v) is 2.05. The van der Waals surface area contributed by atoms with Crippen molar-refractivity contribution < 1.29 is 0 Å². The van der Waals surface area contributed by atoms with Gasteiger partial charge >= 0.3 is 0 Å². The van der Waals surface area contributed by atoms with Gasteiger partial charge in [-0.2, -0.15) is 0 Å². The van der Waals surface area contributed by atoms with E-state index in [1.165, 1.54) is 5.57 Å². The van der Waals surface area contributed by atoms with Crippen molar-refractivity contribution in [1.82, 2.24) is 0 Å². The van der Waals surface area contributed by atoms with Crippen LogP contribution in [-0.4, -0.2) is 6.21 Å². The van der Waals surface area contributed by atoms with Crippen LogP contribution in [-0.2, 0) is 0 Å². The summed E-state index contributed by atoms with van der Waals surface area (Å²) in [6.07, 6.45) is 5.21. The third-order valence-corrected chi connectivity index (χ3v) is 2.95. The summed E-state index contributed by atoms with van der Waals surface area (Å²) in [6, 6.07) is 0. The molecular formula is C13H23N. The second-order valence-corrected chi connectivity index (χ2v) is 6.32. The largest absolute Gasteiger partial charge is 0.269 e. The summed E-state index contributed by atoms with van der Waals surface area (Å²) < 4.78 is 0. The zero-order chi connectivity index (χ0) is 11.0. The van der Waals surface area contributed by atoms with Crippen LogP contribution in [0.25, 0.3) is 0 Å². The van der Waals surface area contributed by atoms with E-state index in [0.29, 0.717) is 11.3 Å². The highest BCUT2D eigenvalue weighted by atomic mass is 14.7. The lowest BCUT2D eigenvalue weighted by molar-refractivity contribution is 0.247. The van der Waals surface area contributed by atoms with E-state index in [0.717, 1.165) is 6.42 Å². The first-order chi connectivity index (χ1) is 6.23. The molecule has 0 bridgehead atoms. The van der Waals surface area contributed by atoms with Crippen molar-refractivity contribution in [3.63, 3.8) is 0 Å². The number of allylic oxidation sites excluding steroid dienone is 1. The summed E-state index contributed by atoms with van der Waals surface area (Å²) >= 11 is 0. The maximum Gasteiger partial charge on any atom is 0.0264 e. The molecule has 80 valence electrons. The van der Waals surface area contributed by atoms with Crippen LogP contribution in [0.2, 0.25) is 0 Å². The molecule has 0 aromatic heterocycles. The van der Waals surface area contributed by atoms with Crippen LogP contribution in [0.5, 0.6) is 0 Å². The summed E-state index contributed by atoms with van der Waals surface area (Å²) in [4.78, 5) is 4.30. The lowest BCUT2D eigenvalue weighted by Gasteiger charge is -2.39. The van der Waals surface area contributed by atoms with Crippen molar-refractivity contribution in [3.05, 3.63) is 11.8 Å². The zero-order valence-electron chi connectivity index (χ0n) is 10.4. The van der Waals surface area contributed by atoms with Crippen LogP contribution < -0.4 is 0 Å². The molecule has 0 aromatic carbocycles. The van der Waals surface area contributed by atoms with E-state index in [-0.39, 0.29) is 5.41 Å². The highest BCUT2D eigenvalue weighted by Crippen LogP contribution is 2.43. The molecule has 1 heterocycles. The Bertz CT molecular complexity index is 258. The number of nitrogens with zero attached hydrogens (tertiary/aromatic N) is 1. The Balaban J connectivity index is 3.00. The standard InChI is InChI=1S/C13H23N/c1-12(2,3)10-7-8-14-9-11(10)13(4,5)6/h8-10H,7H2,1-6H3. The maximum absolute atomic E-state index is 4.30. The molecule has 1 rings (SSSR count). The average Bonchev–Trinajstić information content (AvgIpc) is 2.01. The van der Waals surface area contributed by atoms with Gasteiger partial charge in [-0.3, -0.25) is 4.99 Å². The maximum atomic E-state index is 4.30. The van der Waals surface area contributed by atoms with E-state index in [1.54, 1.807) is 0 Å². The van der Waals surface area contributed by atoms with E-state index >= 15 is 0 Å². The lowest BCUT2D eigenvalue weighted by Crippen LogP contribution is -2.30. The Labute approximate surface area is 88.3 Å². The zero-order valence-corrected chi connectivity index (χ0v) is 10.4. The molecule has 1 nitrogen and oxygen atoms in total. The number of hydrogen-bond donors (Lipinski definition) is 0. The number of hydrogen-bond acceptors (Lipinski definition) is 1. The summed E-state index contributed by atoms with van der Waals surface area (Å²) in [5.41, 5.74) is 2.08. The van der Waals surface area contributed by atoms with Gasteiger partial charge in [-0.05, 0) is 28.7 Å². The normalized spacial score (nSPS) is 23.6. The van der Waals surface area contributed by atoms with Crippen LogP contribution in [0.3, 0.4) is 0 Å². The first-order valence-corrected chi connectivity index (χ1v) is 5.45. The Hall–Kier alpha value is -0.590. The van der Waals surface area contributed by atoms with Crippen molar-refractivity contribution in [1.29, 1.82) is 0 Å². The lowest BCUT2D eigenvalue weighted by atomic mass is 9.67. The predicted octanol–water partition coefficient (Wildman–Crippen LogP) is 4.05. The third-order valence-electron chi connectivity index (χ3n) is 2.95. The number of aliphatic imine (C=N–C) groups is 1. The van der Waals surface area contributed by atoms with Gasteiger partial charge in [0, 0.05) is 12.4 Å². The molecule has 0 saturated carbocycles. The van der Waals surface area contributed by atoms with Gasteiger partial charge < -0.3 is 0 Å². The predicted molar refractivity (Wildman–Crippen MR) is 63.6 cm³/mol. The second kappa shape index (κ2) is 3.52. The summed E-state index contributed by atoms with van der Waals surface area (Å²) in [6.45, 7) is 13.8. The van der Waals surface area contributed by atoms with Crippen LogP contribution in [0, 0.1) is 16.7 Å². The van der Waals surface area contributed by atoms with Gasteiger partial charge in [0.05, 0.1) is 0 Å². The fraction of sp³-hybridized carbons (Fsp3) is 0.769. The van der Waals surface area contributed by atoms with Crippen molar-refractivity contribution in [2.24, 2.45) is 21.7 Å². The molecule has 0 amide bonds. The van der Waals surface area contributed by atoms with Crippen LogP contribution in [0.15, 0.2) is 16.8 Å². The molecule has 0 spiro atoms. The second-order valence-electron chi connectivity index (χ2n) is 6.32. The van der Waals surface area contributed by atoms with Gasteiger partial charge in [-0.1, -0.05) is 41.5 Å². The van der Waals surface area contributed by atoms with Crippen LogP contribution >= 0.6 is 0 Å². The van der Waals surface area contributed by atoms with Gasteiger partial charge in [0.25, 0.3) is 0 Å². The van der Waals surface area contributed by atoms with E-state index in [2.05, 4.69) is 52.7 Å². The van der Waals surface area contributed by atoms with Crippen molar-refractivity contribution in [3.8, 4) is 0 Å². The molecule has 0 aromatic rings. The Morgan fingerprint density at radius 2 is 1.71 bits per heavy atom. The topological polar surface area (TPSA) is 12.4 Å². The van der Waals surface area contributed by atoms with Gasteiger partial charge in [0.2, 0.25) is 0 Å². The minimum atomic E-state index is 0.246. The minimum Gasteiger partial charge on any atom is -0.269 e. The molecule has 1 aliphatic rings. The SMILES string of the molecule is CC(C)(C)C1=CN=CCC1C(C)(C)C. The molecule has 0 N–H and O–H groups in total. The molecule has 0 saturated heterocycles. The first-order valence-electron chi connectivity index (χ1n) is 5.45. The molecular weight excluding hydrogens is 170 g/mol. The quantitative estimate of drug-likeness (QED) is 0.550. The van der Waals surface area contributed by atoms with Crippen molar-refractivity contribution >= 4 is 6.21 Å². The van der Waals surface area contributed by atoms with E-state index in [9.17, 15) is 0 Å². The Morgan fingerprint density at radius 1 is 1.14 bits per heavy atom. The Kier molecular flexibility index (Phi) is 2.89. The molecule has 0 fully saturated rings. The molecule has 1 unspecified atom stereocenters. The van der Waals surface area contributed by atoms with E-state index in [4.69, 9.17) is 0 Å². The molecule has 1 aliphatic heterocycles. The molecule has 0 aliphatic carbocycles. The molecule has 0 radical (unpaired) electrons. The Morgan fingerprint density at radius 3 is 2.07 bits per heavy atom. The average molecular weight is 193 g/mol. The fourth-order valence-electron chi connectivity index (χ4n) is 2.05. The van der Waals surface area contributed by atoms with Crippen LogP contribution in [0.4, 0.5) is 0 Å². The third kappa shape index (κ3) is 2.46. The van der Waals surface area contributed by atoms with Crippen LogP contribution in [0.1, 0.15) is 48.0 Å². The number of rotatable bonds is 0. The first kappa shape index (κ1) is 11.5. The van der Waals surface area contributed by atoms with Gasteiger partial charge in [0.1, 0.15) is 0 Å².